The Balaban J connectivity index is 1.51. The maximum Gasteiger partial charge on any atom is 0.416 e. The van der Waals surface area contributed by atoms with Gasteiger partial charge in [0, 0.05) is 24.8 Å². The molecule has 2 aliphatic heterocycles. The zero-order valence-electron chi connectivity index (χ0n) is 17.5. The maximum atomic E-state index is 13.3. The van der Waals surface area contributed by atoms with Crippen molar-refractivity contribution in [2.45, 2.75) is 19.1 Å². The van der Waals surface area contributed by atoms with E-state index in [-0.39, 0.29) is 5.69 Å². The molecule has 10 heteroatoms. The number of carbonyl (C=O) groups is 1. The number of rotatable bonds is 5. The lowest BCUT2D eigenvalue weighted by Gasteiger charge is -2.31. The Kier molecular flexibility index (Phi) is 6.31. The fourth-order valence-electron chi connectivity index (χ4n) is 3.58. The van der Waals surface area contributed by atoms with Crippen LogP contribution in [0.2, 0.25) is 0 Å². The molecule has 1 fully saturated rings. The van der Waals surface area contributed by atoms with Gasteiger partial charge in [-0.3, -0.25) is 4.79 Å². The van der Waals surface area contributed by atoms with Crippen LogP contribution < -0.4 is 25.0 Å². The number of nitrogens with one attached hydrogen (secondary N) is 2. The van der Waals surface area contributed by atoms with Crippen molar-refractivity contribution in [2.24, 2.45) is 0 Å². The Hall–Kier alpha value is -3.14. The van der Waals surface area contributed by atoms with E-state index in [0.717, 1.165) is 12.1 Å². The van der Waals surface area contributed by atoms with Crippen molar-refractivity contribution < 1.29 is 32.2 Å². The molecular formula is C22H24F3N3O4. The molecule has 7 nitrogen and oxygen atoms in total. The summed E-state index contributed by atoms with van der Waals surface area (Å²) in [6.45, 7) is 4.53. The molecule has 2 aromatic carbocycles. The summed E-state index contributed by atoms with van der Waals surface area (Å²) in [7, 11) is 0. The lowest BCUT2D eigenvalue weighted by atomic mass is 10.1. The number of amides is 1. The molecule has 0 radical (unpaired) electrons. The summed E-state index contributed by atoms with van der Waals surface area (Å²) >= 11 is 0. The van der Waals surface area contributed by atoms with E-state index in [4.69, 9.17) is 14.2 Å². The number of anilines is 3. The minimum atomic E-state index is -4.52. The average Bonchev–Trinajstić information content (AvgIpc) is 2.79. The number of fused-ring (bicyclic) bond motifs is 1. The number of halogens is 3. The highest BCUT2D eigenvalue weighted by atomic mass is 19.4. The quantitative estimate of drug-likeness (QED) is 0.722. The van der Waals surface area contributed by atoms with Crippen molar-refractivity contribution in [1.29, 1.82) is 0 Å². The molecular weight excluding hydrogens is 427 g/mol. The molecule has 4 rings (SSSR count). The predicted octanol–water partition coefficient (Wildman–Crippen LogP) is 3.75. The molecule has 0 bridgehead atoms. The second kappa shape index (κ2) is 9.15. The van der Waals surface area contributed by atoms with Gasteiger partial charge in [-0.05, 0) is 37.3 Å². The Bertz CT molecular complexity index is 977. The predicted molar refractivity (Wildman–Crippen MR) is 114 cm³/mol. The van der Waals surface area contributed by atoms with Gasteiger partial charge in [0.1, 0.15) is 19.3 Å². The molecule has 1 atom stereocenters. The largest absolute Gasteiger partial charge is 0.486 e. The molecule has 1 saturated heterocycles. The zero-order chi connectivity index (χ0) is 22.7. The van der Waals surface area contributed by atoms with Crippen molar-refractivity contribution in [1.82, 2.24) is 0 Å². The maximum absolute atomic E-state index is 13.3. The standard InChI is InChI=1S/C22H24F3N3O4/c1-14(26-16-3-5-19-20(13-16)32-11-10-31-19)21(29)27-17-12-15(22(23,24)25)2-4-18(17)28-6-8-30-9-7-28/h2-5,12-14,26H,6-11H2,1H3,(H,27,29)/t14-/m1/s1. The molecule has 0 aliphatic carbocycles. The van der Waals surface area contributed by atoms with E-state index in [1.54, 1.807) is 25.1 Å². The molecule has 2 aromatic rings. The first-order valence-corrected chi connectivity index (χ1v) is 10.3. The Morgan fingerprint density at radius 3 is 2.44 bits per heavy atom. The summed E-state index contributed by atoms with van der Waals surface area (Å²) in [5.74, 6) is 0.730. The van der Waals surface area contributed by atoms with Crippen molar-refractivity contribution >= 4 is 23.0 Å². The van der Waals surface area contributed by atoms with Gasteiger partial charge < -0.3 is 29.7 Å². The number of alkyl halides is 3. The number of hydrogen-bond acceptors (Lipinski definition) is 6. The van der Waals surface area contributed by atoms with E-state index in [1.807, 2.05) is 4.90 Å². The summed E-state index contributed by atoms with van der Waals surface area (Å²) in [5.41, 5.74) is 0.454. The monoisotopic (exact) mass is 451 g/mol. The highest BCUT2D eigenvalue weighted by Gasteiger charge is 2.32. The third kappa shape index (κ3) is 5.01. The number of ether oxygens (including phenoxy) is 3. The SMILES string of the molecule is C[C@@H](Nc1ccc2c(c1)OCCO2)C(=O)Nc1cc(C(F)(F)F)ccc1N1CCOCC1. The Labute approximate surface area is 183 Å². The van der Waals surface area contributed by atoms with Crippen molar-refractivity contribution in [2.75, 3.05) is 55.1 Å². The van der Waals surface area contributed by atoms with E-state index in [1.165, 1.54) is 6.07 Å². The molecule has 2 N–H and O–H groups in total. The highest BCUT2D eigenvalue weighted by molar-refractivity contribution is 5.99. The number of carbonyl (C=O) groups excluding carboxylic acids is 1. The average molecular weight is 451 g/mol. The lowest BCUT2D eigenvalue weighted by molar-refractivity contribution is -0.137. The van der Waals surface area contributed by atoms with E-state index in [9.17, 15) is 18.0 Å². The van der Waals surface area contributed by atoms with Crippen LogP contribution in [0.1, 0.15) is 12.5 Å². The van der Waals surface area contributed by atoms with Crippen LogP contribution in [0.15, 0.2) is 36.4 Å². The second-order valence-corrected chi connectivity index (χ2v) is 7.54. The lowest BCUT2D eigenvalue weighted by Crippen LogP contribution is -2.37. The van der Waals surface area contributed by atoms with Crippen LogP contribution >= 0.6 is 0 Å². The van der Waals surface area contributed by atoms with Gasteiger partial charge in [-0.25, -0.2) is 0 Å². The zero-order valence-corrected chi connectivity index (χ0v) is 17.5. The van der Waals surface area contributed by atoms with Gasteiger partial charge in [0.2, 0.25) is 5.91 Å². The molecule has 1 amide bonds. The van der Waals surface area contributed by atoms with Crippen LogP contribution in [0.3, 0.4) is 0 Å². The first kappa shape index (κ1) is 22.1. The summed E-state index contributed by atoms with van der Waals surface area (Å²) in [5, 5.41) is 5.72. The third-order valence-corrected chi connectivity index (χ3v) is 5.25. The molecule has 0 spiro atoms. The highest BCUT2D eigenvalue weighted by Crippen LogP contribution is 2.36. The molecule has 0 unspecified atom stereocenters. The second-order valence-electron chi connectivity index (χ2n) is 7.54. The Morgan fingerprint density at radius 2 is 1.72 bits per heavy atom. The van der Waals surface area contributed by atoms with Gasteiger partial charge in [-0.15, -0.1) is 0 Å². The van der Waals surface area contributed by atoms with Crippen LogP contribution in [0.25, 0.3) is 0 Å². The van der Waals surface area contributed by atoms with E-state index in [2.05, 4.69) is 10.6 Å². The normalized spacial score (nSPS) is 16.9. The molecule has 32 heavy (non-hydrogen) atoms. The van der Waals surface area contributed by atoms with Gasteiger partial charge in [0.15, 0.2) is 11.5 Å². The molecule has 172 valence electrons. The smallest absolute Gasteiger partial charge is 0.416 e. The van der Waals surface area contributed by atoms with Crippen molar-refractivity contribution in [3.8, 4) is 11.5 Å². The molecule has 2 aliphatic rings. The van der Waals surface area contributed by atoms with Crippen molar-refractivity contribution in [3.63, 3.8) is 0 Å². The van der Waals surface area contributed by atoms with Gasteiger partial charge in [0.05, 0.1) is 30.2 Å². The fraction of sp³-hybridized carbons (Fsp3) is 0.409. The summed E-state index contributed by atoms with van der Waals surface area (Å²) < 4.78 is 56.2. The minimum absolute atomic E-state index is 0.113. The van der Waals surface area contributed by atoms with Gasteiger partial charge in [-0.1, -0.05) is 0 Å². The topological polar surface area (TPSA) is 72.1 Å². The molecule has 2 heterocycles. The van der Waals surface area contributed by atoms with Gasteiger partial charge >= 0.3 is 6.18 Å². The first-order valence-electron chi connectivity index (χ1n) is 10.3. The van der Waals surface area contributed by atoms with E-state index in [0.29, 0.717) is 62.4 Å². The number of benzene rings is 2. The fourth-order valence-corrected chi connectivity index (χ4v) is 3.58. The minimum Gasteiger partial charge on any atom is -0.486 e. The number of hydrogen-bond donors (Lipinski definition) is 2. The van der Waals surface area contributed by atoms with E-state index >= 15 is 0 Å². The van der Waals surface area contributed by atoms with E-state index < -0.39 is 23.7 Å². The van der Waals surface area contributed by atoms with Crippen molar-refractivity contribution in [3.05, 3.63) is 42.0 Å². The summed E-state index contributed by atoms with van der Waals surface area (Å²) in [4.78, 5) is 14.7. The first-order chi connectivity index (χ1) is 15.3. The Morgan fingerprint density at radius 1 is 1.00 bits per heavy atom. The van der Waals surface area contributed by atoms with Crippen LogP contribution in [-0.4, -0.2) is 51.5 Å². The molecule has 0 saturated carbocycles. The number of nitrogens with zero attached hydrogens (tertiary/aromatic N) is 1. The van der Waals surface area contributed by atoms with Crippen LogP contribution in [0.5, 0.6) is 11.5 Å². The van der Waals surface area contributed by atoms with Crippen LogP contribution in [0, 0.1) is 0 Å². The summed E-state index contributed by atoms with van der Waals surface area (Å²) in [6, 6.07) is 7.89. The number of morpholine rings is 1. The summed E-state index contributed by atoms with van der Waals surface area (Å²) in [6.07, 6.45) is -4.52. The van der Waals surface area contributed by atoms with Gasteiger partial charge in [-0.2, -0.15) is 13.2 Å². The molecule has 0 aromatic heterocycles. The van der Waals surface area contributed by atoms with Crippen LogP contribution in [-0.2, 0) is 15.7 Å². The third-order valence-electron chi connectivity index (χ3n) is 5.25. The van der Waals surface area contributed by atoms with Gasteiger partial charge in [0.25, 0.3) is 0 Å². The van der Waals surface area contributed by atoms with Crippen LogP contribution in [0.4, 0.5) is 30.2 Å².